The number of hydrogen-bond acceptors (Lipinski definition) is 6. The fourth-order valence-corrected chi connectivity index (χ4v) is 4.86. The van der Waals surface area contributed by atoms with Crippen LogP contribution in [0.1, 0.15) is 44.2 Å². The lowest BCUT2D eigenvalue weighted by molar-refractivity contribution is -0.144. The summed E-state index contributed by atoms with van der Waals surface area (Å²) in [6.45, 7) is 3.87. The Balaban J connectivity index is 1.81. The molecule has 0 radical (unpaired) electrons. The molecule has 0 fully saturated rings. The van der Waals surface area contributed by atoms with E-state index in [2.05, 4.69) is 26.6 Å². The van der Waals surface area contributed by atoms with Gasteiger partial charge in [0, 0.05) is 19.0 Å². The normalized spacial score (nSPS) is 19.4. The van der Waals surface area contributed by atoms with Crippen LogP contribution in [-0.2, 0) is 36.8 Å². The number of rotatable bonds is 10. The maximum absolute atomic E-state index is 14.4. The van der Waals surface area contributed by atoms with Crippen molar-refractivity contribution in [3.8, 4) is 0 Å². The summed E-state index contributed by atoms with van der Waals surface area (Å²) in [5.41, 5.74) is 1.12. The van der Waals surface area contributed by atoms with Crippen molar-refractivity contribution >= 4 is 29.7 Å². The minimum Gasteiger partial charge on any atom is -0.467 e. The van der Waals surface area contributed by atoms with Gasteiger partial charge in [-0.25, -0.2) is 14.0 Å². The predicted octanol–water partition coefficient (Wildman–Crippen LogP) is 2.30. The first-order chi connectivity index (χ1) is 21.6. The van der Waals surface area contributed by atoms with Crippen molar-refractivity contribution in [3.05, 3.63) is 83.7 Å². The van der Waals surface area contributed by atoms with Gasteiger partial charge < -0.3 is 31.3 Å². The monoisotopic (exact) mass is 623 g/mol. The van der Waals surface area contributed by atoms with Gasteiger partial charge >= 0.3 is 12.0 Å². The lowest BCUT2D eigenvalue weighted by Gasteiger charge is -2.26. The number of hydrogen-bond donors (Lipinski definition) is 5. The Bertz CT molecular complexity index is 1350. The Morgan fingerprint density at radius 1 is 1.00 bits per heavy atom. The highest BCUT2D eigenvalue weighted by Gasteiger charge is 2.30. The summed E-state index contributed by atoms with van der Waals surface area (Å²) < 4.78 is 19.2. The number of ether oxygens (including phenoxy) is 1. The van der Waals surface area contributed by atoms with Gasteiger partial charge in [0.1, 0.15) is 23.9 Å². The minimum atomic E-state index is -1.10. The summed E-state index contributed by atoms with van der Waals surface area (Å²) in [4.78, 5) is 64.7. The Labute approximate surface area is 262 Å². The molecular weight excluding hydrogens is 581 g/mol. The smallest absolute Gasteiger partial charge is 0.328 e. The van der Waals surface area contributed by atoms with Crippen LogP contribution in [0.25, 0.3) is 0 Å². The molecule has 5 N–H and O–H groups in total. The predicted molar refractivity (Wildman–Crippen MR) is 166 cm³/mol. The van der Waals surface area contributed by atoms with Crippen molar-refractivity contribution in [2.45, 2.75) is 70.1 Å². The van der Waals surface area contributed by atoms with Crippen LogP contribution in [0.3, 0.4) is 0 Å². The van der Waals surface area contributed by atoms with Crippen molar-refractivity contribution in [1.82, 2.24) is 26.6 Å². The van der Waals surface area contributed by atoms with Gasteiger partial charge in [-0.15, -0.1) is 0 Å². The highest BCUT2D eigenvalue weighted by atomic mass is 19.1. The molecule has 0 aromatic heterocycles. The average molecular weight is 624 g/mol. The Hall–Kier alpha value is -4.74. The molecular formula is C33H42FN5O6. The third kappa shape index (κ3) is 11.4. The van der Waals surface area contributed by atoms with Gasteiger partial charge in [0.15, 0.2) is 0 Å². The molecule has 11 nitrogen and oxygen atoms in total. The molecule has 2 aromatic carbocycles. The van der Waals surface area contributed by atoms with Gasteiger partial charge in [-0.1, -0.05) is 68.5 Å². The van der Waals surface area contributed by atoms with Crippen LogP contribution in [0.15, 0.2) is 66.7 Å². The highest BCUT2D eigenvalue weighted by molar-refractivity contribution is 5.93. The number of nitrogens with one attached hydrogen (secondary N) is 5. The summed E-state index contributed by atoms with van der Waals surface area (Å²) in [5.74, 6) is -2.78. The van der Waals surface area contributed by atoms with E-state index < -0.39 is 53.8 Å². The van der Waals surface area contributed by atoms with Gasteiger partial charge in [0.25, 0.3) is 0 Å². The first-order valence-corrected chi connectivity index (χ1v) is 15.1. The number of urea groups is 1. The second-order valence-corrected chi connectivity index (χ2v) is 11.2. The molecule has 0 aliphatic carbocycles. The zero-order chi connectivity index (χ0) is 32.8. The van der Waals surface area contributed by atoms with Gasteiger partial charge in [0.2, 0.25) is 17.7 Å². The molecule has 0 spiro atoms. The molecule has 45 heavy (non-hydrogen) atoms. The molecule has 0 saturated heterocycles. The van der Waals surface area contributed by atoms with E-state index in [4.69, 9.17) is 4.74 Å². The van der Waals surface area contributed by atoms with Crippen molar-refractivity contribution < 1.29 is 33.1 Å². The lowest BCUT2D eigenvalue weighted by atomic mass is 10.0. The van der Waals surface area contributed by atoms with Gasteiger partial charge in [-0.3, -0.25) is 14.4 Å². The first kappa shape index (κ1) is 34.7. The maximum Gasteiger partial charge on any atom is 0.328 e. The molecule has 242 valence electrons. The topological polar surface area (TPSA) is 155 Å². The SMILES string of the molecule is COC(=O)C(NC(=O)NC(Cc1ccccc1)C(=O)NC1CCCCNC(=O)/C=C/[C@H](Cc2ccccc2F)NC1=O)C(C)C. The molecule has 2 aromatic rings. The summed E-state index contributed by atoms with van der Waals surface area (Å²) in [5, 5.41) is 13.6. The van der Waals surface area contributed by atoms with Crippen LogP contribution in [-0.4, -0.2) is 67.5 Å². The van der Waals surface area contributed by atoms with Crippen LogP contribution in [0.2, 0.25) is 0 Å². The molecule has 1 aliphatic heterocycles. The van der Waals surface area contributed by atoms with E-state index in [9.17, 15) is 28.4 Å². The van der Waals surface area contributed by atoms with Gasteiger partial charge in [-0.2, -0.15) is 0 Å². The van der Waals surface area contributed by atoms with Crippen molar-refractivity contribution in [3.63, 3.8) is 0 Å². The van der Waals surface area contributed by atoms with Crippen LogP contribution >= 0.6 is 0 Å². The van der Waals surface area contributed by atoms with Crippen LogP contribution in [0.5, 0.6) is 0 Å². The number of benzene rings is 2. The molecule has 5 amide bonds. The number of carbonyl (C=O) groups excluding carboxylic acids is 5. The maximum atomic E-state index is 14.4. The van der Waals surface area contributed by atoms with Crippen LogP contribution < -0.4 is 26.6 Å². The van der Waals surface area contributed by atoms with Crippen molar-refractivity contribution in [2.24, 2.45) is 5.92 Å². The molecule has 3 unspecified atom stereocenters. The van der Waals surface area contributed by atoms with E-state index >= 15 is 0 Å². The Kier molecular flexibility index (Phi) is 13.5. The number of halogens is 1. The van der Waals surface area contributed by atoms with E-state index in [1.54, 1.807) is 44.2 Å². The minimum absolute atomic E-state index is 0.0818. The van der Waals surface area contributed by atoms with E-state index in [1.807, 2.05) is 18.2 Å². The number of esters is 1. The van der Waals surface area contributed by atoms with E-state index in [-0.39, 0.29) is 31.1 Å². The molecule has 3 rings (SSSR count). The van der Waals surface area contributed by atoms with E-state index in [0.717, 1.165) is 5.56 Å². The third-order valence-corrected chi connectivity index (χ3v) is 7.37. The molecule has 0 bridgehead atoms. The zero-order valence-corrected chi connectivity index (χ0v) is 25.8. The van der Waals surface area contributed by atoms with E-state index in [0.29, 0.717) is 24.9 Å². The zero-order valence-electron chi connectivity index (χ0n) is 25.8. The lowest BCUT2D eigenvalue weighted by Crippen LogP contribution is -2.58. The van der Waals surface area contributed by atoms with Crippen molar-refractivity contribution in [2.75, 3.05) is 13.7 Å². The third-order valence-electron chi connectivity index (χ3n) is 7.37. The Morgan fingerprint density at radius 3 is 2.40 bits per heavy atom. The fourth-order valence-electron chi connectivity index (χ4n) is 4.86. The summed E-state index contributed by atoms with van der Waals surface area (Å²) in [6.07, 6.45) is 4.32. The van der Waals surface area contributed by atoms with Crippen LogP contribution in [0, 0.1) is 11.7 Å². The average Bonchev–Trinajstić information content (AvgIpc) is 3.01. The molecule has 12 heteroatoms. The number of methoxy groups -OCH3 is 1. The second-order valence-electron chi connectivity index (χ2n) is 11.2. The molecule has 0 saturated carbocycles. The van der Waals surface area contributed by atoms with Gasteiger partial charge in [-0.05, 0) is 48.8 Å². The van der Waals surface area contributed by atoms with E-state index in [1.165, 1.54) is 25.3 Å². The first-order valence-electron chi connectivity index (χ1n) is 15.1. The fraction of sp³-hybridized carbons (Fsp3) is 0.424. The standard InChI is InChI=1S/C33H42FN5O6/c1-21(2)29(32(43)45-3)39-33(44)38-27(19-22-11-5-4-6-12-22)31(42)37-26-15-9-10-18-35-28(40)17-16-24(36-30(26)41)20-23-13-7-8-14-25(23)34/h4-8,11-14,16-17,21,24,26-27,29H,9-10,15,18-20H2,1-3H3,(H,35,40)(H,36,41)(H,37,42)(H2,38,39,44)/b17-16+/t24-,26?,27?,29?/m1/s1. The highest BCUT2D eigenvalue weighted by Crippen LogP contribution is 2.12. The summed E-state index contributed by atoms with van der Waals surface area (Å²) >= 11 is 0. The number of carbonyl (C=O) groups is 5. The summed E-state index contributed by atoms with van der Waals surface area (Å²) in [6, 6.07) is 10.7. The largest absolute Gasteiger partial charge is 0.467 e. The van der Waals surface area contributed by atoms with Gasteiger partial charge in [0.05, 0.1) is 13.2 Å². The van der Waals surface area contributed by atoms with Crippen molar-refractivity contribution in [1.29, 1.82) is 0 Å². The van der Waals surface area contributed by atoms with Crippen LogP contribution in [0.4, 0.5) is 9.18 Å². The number of amides is 5. The molecule has 4 atom stereocenters. The molecule has 1 aliphatic rings. The quantitative estimate of drug-likeness (QED) is 0.256. The Morgan fingerprint density at radius 2 is 1.71 bits per heavy atom. The second kappa shape index (κ2) is 17.5. The summed E-state index contributed by atoms with van der Waals surface area (Å²) in [7, 11) is 1.22. The molecule has 1 heterocycles.